The number of benzene rings is 1. The quantitative estimate of drug-likeness (QED) is 0.890. The van der Waals surface area contributed by atoms with E-state index in [1.54, 1.807) is 18.9 Å². The number of aromatic nitrogens is 2. The van der Waals surface area contributed by atoms with Crippen molar-refractivity contribution < 1.29 is 9.47 Å². The van der Waals surface area contributed by atoms with Crippen molar-refractivity contribution in [2.75, 3.05) is 14.2 Å². The molecule has 0 spiro atoms. The van der Waals surface area contributed by atoms with Crippen LogP contribution in [0, 0.1) is 0 Å². The Kier molecular flexibility index (Phi) is 3.53. The first-order chi connectivity index (χ1) is 8.69. The molecule has 0 bridgehead atoms. The molecule has 0 aliphatic heterocycles. The van der Waals surface area contributed by atoms with Gasteiger partial charge in [-0.25, -0.2) is 0 Å². The third kappa shape index (κ3) is 2.17. The molecule has 0 aliphatic rings. The second kappa shape index (κ2) is 5.10. The van der Waals surface area contributed by atoms with Gasteiger partial charge in [0.15, 0.2) is 11.5 Å². The summed E-state index contributed by atoms with van der Waals surface area (Å²) < 4.78 is 12.3. The van der Waals surface area contributed by atoms with Crippen LogP contribution in [0.4, 0.5) is 0 Å². The van der Waals surface area contributed by atoms with Gasteiger partial charge in [-0.1, -0.05) is 0 Å². The normalized spacial score (nSPS) is 10.4. The molecule has 1 aromatic carbocycles. The van der Waals surface area contributed by atoms with Gasteiger partial charge >= 0.3 is 0 Å². The van der Waals surface area contributed by atoms with Crippen molar-refractivity contribution in [3.8, 4) is 22.8 Å². The zero-order chi connectivity index (χ0) is 13.1. The van der Waals surface area contributed by atoms with Crippen LogP contribution in [-0.2, 0) is 13.6 Å². The smallest absolute Gasteiger partial charge is 0.161 e. The van der Waals surface area contributed by atoms with Crippen LogP contribution >= 0.6 is 0 Å². The summed E-state index contributed by atoms with van der Waals surface area (Å²) in [6, 6.07) is 5.71. The van der Waals surface area contributed by atoms with Crippen molar-refractivity contribution in [3.63, 3.8) is 0 Å². The SMILES string of the molecule is COc1ccc(-c2nn(C)cc2CN)cc1OC. The van der Waals surface area contributed by atoms with Crippen LogP contribution < -0.4 is 15.2 Å². The highest BCUT2D eigenvalue weighted by molar-refractivity contribution is 5.66. The number of aryl methyl sites for hydroxylation is 1. The van der Waals surface area contributed by atoms with Crippen LogP contribution in [0.15, 0.2) is 24.4 Å². The number of ether oxygens (including phenoxy) is 2. The minimum Gasteiger partial charge on any atom is -0.493 e. The lowest BCUT2D eigenvalue weighted by Crippen LogP contribution is -1.97. The van der Waals surface area contributed by atoms with E-state index in [2.05, 4.69) is 5.10 Å². The molecule has 0 saturated carbocycles. The van der Waals surface area contributed by atoms with Crippen LogP contribution in [0.1, 0.15) is 5.56 Å². The van der Waals surface area contributed by atoms with Gasteiger partial charge in [-0.15, -0.1) is 0 Å². The number of hydrogen-bond donors (Lipinski definition) is 1. The maximum atomic E-state index is 5.72. The maximum absolute atomic E-state index is 5.72. The van der Waals surface area contributed by atoms with Gasteiger partial charge in [0.1, 0.15) is 0 Å². The topological polar surface area (TPSA) is 62.3 Å². The number of nitrogens with zero attached hydrogens (tertiary/aromatic N) is 2. The van der Waals surface area contributed by atoms with Crippen molar-refractivity contribution in [3.05, 3.63) is 30.0 Å². The first kappa shape index (κ1) is 12.4. The minimum absolute atomic E-state index is 0.456. The summed E-state index contributed by atoms with van der Waals surface area (Å²) in [5, 5.41) is 4.42. The second-order valence-corrected chi connectivity index (χ2v) is 3.95. The molecule has 2 N–H and O–H groups in total. The molecule has 0 amide bonds. The largest absolute Gasteiger partial charge is 0.493 e. The summed E-state index contributed by atoms with van der Waals surface area (Å²) in [5.74, 6) is 1.38. The number of methoxy groups -OCH3 is 2. The summed E-state index contributed by atoms with van der Waals surface area (Å²) in [4.78, 5) is 0. The average Bonchev–Trinajstić information content (AvgIpc) is 2.79. The van der Waals surface area contributed by atoms with Gasteiger partial charge in [0.2, 0.25) is 0 Å². The van der Waals surface area contributed by atoms with Gasteiger partial charge < -0.3 is 15.2 Å². The van der Waals surface area contributed by atoms with Gasteiger partial charge in [-0.2, -0.15) is 5.10 Å². The Morgan fingerprint density at radius 1 is 1.22 bits per heavy atom. The Balaban J connectivity index is 2.50. The molecule has 0 aliphatic carbocycles. The van der Waals surface area contributed by atoms with Crippen molar-refractivity contribution in [1.82, 2.24) is 9.78 Å². The van der Waals surface area contributed by atoms with Crippen LogP contribution in [0.2, 0.25) is 0 Å². The lowest BCUT2D eigenvalue weighted by molar-refractivity contribution is 0.355. The van der Waals surface area contributed by atoms with Crippen molar-refractivity contribution in [2.24, 2.45) is 12.8 Å². The van der Waals surface area contributed by atoms with Crippen LogP contribution in [0.3, 0.4) is 0 Å². The molecular weight excluding hydrogens is 230 g/mol. The highest BCUT2D eigenvalue weighted by atomic mass is 16.5. The molecule has 96 valence electrons. The molecule has 2 aromatic rings. The average molecular weight is 247 g/mol. The molecular formula is C13H17N3O2. The fourth-order valence-corrected chi connectivity index (χ4v) is 1.91. The molecule has 1 aromatic heterocycles. The molecule has 1 heterocycles. The van der Waals surface area contributed by atoms with E-state index in [1.807, 2.05) is 31.4 Å². The lowest BCUT2D eigenvalue weighted by Gasteiger charge is -2.09. The Morgan fingerprint density at radius 3 is 2.56 bits per heavy atom. The van der Waals surface area contributed by atoms with Crippen molar-refractivity contribution >= 4 is 0 Å². The van der Waals surface area contributed by atoms with E-state index in [1.165, 1.54) is 0 Å². The van der Waals surface area contributed by atoms with Gasteiger partial charge in [0.25, 0.3) is 0 Å². The number of hydrogen-bond acceptors (Lipinski definition) is 4. The first-order valence-corrected chi connectivity index (χ1v) is 5.64. The molecule has 0 radical (unpaired) electrons. The van der Waals surface area contributed by atoms with E-state index in [0.717, 1.165) is 16.8 Å². The monoisotopic (exact) mass is 247 g/mol. The zero-order valence-electron chi connectivity index (χ0n) is 10.8. The van der Waals surface area contributed by atoms with E-state index in [9.17, 15) is 0 Å². The third-order valence-electron chi connectivity index (χ3n) is 2.78. The summed E-state index contributed by atoms with van der Waals surface area (Å²) in [7, 11) is 5.11. The summed E-state index contributed by atoms with van der Waals surface area (Å²) >= 11 is 0. The summed E-state index contributed by atoms with van der Waals surface area (Å²) in [5.41, 5.74) is 8.57. The molecule has 0 unspecified atom stereocenters. The highest BCUT2D eigenvalue weighted by Gasteiger charge is 2.12. The maximum Gasteiger partial charge on any atom is 0.161 e. The molecule has 5 heteroatoms. The van der Waals surface area contributed by atoms with Crippen molar-refractivity contribution in [2.45, 2.75) is 6.54 Å². The Bertz CT molecular complexity index is 549. The minimum atomic E-state index is 0.456. The third-order valence-corrected chi connectivity index (χ3v) is 2.78. The predicted octanol–water partition coefficient (Wildman–Crippen LogP) is 1.56. The zero-order valence-corrected chi connectivity index (χ0v) is 10.8. The van der Waals surface area contributed by atoms with Gasteiger partial charge in [-0.3, -0.25) is 4.68 Å². The van der Waals surface area contributed by atoms with Crippen LogP contribution in [-0.4, -0.2) is 24.0 Å². The molecule has 0 fully saturated rings. The van der Waals surface area contributed by atoms with E-state index < -0.39 is 0 Å². The van der Waals surface area contributed by atoms with Gasteiger partial charge in [-0.05, 0) is 18.2 Å². The van der Waals surface area contributed by atoms with Crippen LogP contribution in [0.5, 0.6) is 11.5 Å². The van der Waals surface area contributed by atoms with Crippen LogP contribution in [0.25, 0.3) is 11.3 Å². The van der Waals surface area contributed by atoms with E-state index in [4.69, 9.17) is 15.2 Å². The highest BCUT2D eigenvalue weighted by Crippen LogP contribution is 2.32. The molecule has 0 saturated heterocycles. The lowest BCUT2D eigenvalue weighted by atomic mass is 10.1. The van der Waals surface area contributed by atoms with Crippen molar-refractivity contribution in [1.29, 1.82) is 0 Å². The first-order valence-electron chi connectivity index (χ1n) is 5.64. The second-order valence-electron chi connectivity index (χ2n) is 3.95. The summed E-state index contributed by atoms with van der Waals surface area (Å²) in [6.45, 7) is 0.456. The molecule has 0 atom stereocenters. The Labute approximate surface area is 106 Å². The number of rotatable bonds is 4. The Morgan fingerprint density at radius 2 is 1.94 bits per heavy atom. The fraction of sp³-hybridized carbons (Fsp3) is 0.308. The molecule has 18 heavy (non-hydrogen) atoms. The van der Waals surface area contributed by atoms with Gasteiger partial charge in [0.05, 0.1) is 19.9 Å². The fourth-order valence-electron chi connectivity index (χ4n) is 1.91. The standard InChI is InChI=1S/C13H17N3O2/c1-16-8-10(7-14)13(15-16)9-4-5-11(17-2)12(6-9)18-3/h4-6,8H,7,14H2,1-3H3. The predicted molar refractivity (Wildman–Crippen MR) is 69.6 cm³/mol. The van der Waals surface area contributed by atoms with E-state index in [-0.39, 0.29) is 0 Å². The summed E-state index contributed by atoms with van der Waals surface area (Å²) in [6.07, 6.45) is 1.92. The van der Waals surface area contributed by atoms with E-state index in [0.29, 0.717) is 18.0 Å². The Hall–Kier alpha value is -2.01. The van der Waals surface area contributed by atoms with E-state index >= 15 is 0 Å². The molecule has 2 rings (SSSR count). The van der Waals surface area contributed by atoms with Gasteiger partial charge in [0, 0.05) is 30.9 Å². The number of nitrogens with two attached hydrogens (primary N) is 1. The molecule has 5 nitrogen and oxygen atoms in total.